The Balaban J connectivity index is 1.59. The van der Waals surface area contributed by atoms with Crippen LogP contribution in [-0.4, -0.2) is 75.0 Å². The molecule has 3 aromatic carbocycles. The number of nitrogens with zero attached hydrogens (tertiary/aromatic N) is 2. The first-order valence-electron chi connectivity index (χ1n) is 19.0. The molecule has 0 heterocycles. The molecule has 3 amide bonds. The quantitative estimate of drug-likeness (QED) is 0.0609. The van der Waals surface area contributed by atoms with Crippen molar-refractivity contribution in [2.75, 3.05) is 55.7 Å². The van der Waals surface area contributed by atoms with E-state index in [2.05, 4.69) is 43.2 Å². The number of benzene rings is 3. The normalized spacial score (nSPS) is 13.3. The van der Waals surface area contributed by atoms with E-state index in [0.717, 1.165) is 40.4 Å². The first-order chi connectivity index (χ1) is 26.5. The molecule has 0 fully saturated rings. The van der Waals surface area contributed by atoms with Crippen molar-refractivity contribution in [2.45, 2.75) is 79.9 Å². The minimum atomic E-state index is -3.59. The van der Waals surface area contributed by atoms with E-state index < -0.39 is 44.9 Å². The Morgan fingerprint density at radius 2 is 1.45 bits per heavy atom. The fourth-order valence-corrected chi connectivity index (χ4v) is 7.04. The highest BCUT2D eigenvalue weighted by Gasteiger charge is 2.28. The van der Waals surface area contributed by atoms with Gasteiger partial charge in [-0.1, -0.05) is 88.7 Å². The number of urea groups is 1. The van der Waals surface area contributed by atoms with Gasteiger partial charge in [-0.25, -0.2) is 4.79 Å². The number of amides is 3. The van der Waals surface area contributed by atoms with E-state index in [0.29, 0.717) is 29.6 Å². The molecule has 0 aliphatic carbocycles. The monoisotopic (exact) mass is 794 g/mol. The van der Waals surface area contributed by atoms with Crippen LogP contribution < -0.4 is 15.5 Å². The van der Waals surface area contributed by atoms with Crippen LogP contribution in [0.15, 0.2) is 72.8 Å². The van der Waals surface area contributed by atoms with Gasteiger partial charge in [0, 0.05) is 32.5 Å². The van der Waals surface area contributed by atoms with E-state index in [1.807, 2.05) is 86.6 Å². The third-order valence-corrected chi connectivity index (χ3v) is 9.95. The fourth-order valence-electron chi connectivity index (χ4n) is 5.93. The lowest BCUT2D eigenvalue weighted by Gasteiger charge is -2.31. The highest BCUT2D eigenvalue weighted by molar-refractivity contribution is 7.53. The van der Waals surface area contributed by atoms with Crippen molar-refractivity contribution in [3.05, 3.63) is 89.5 Å². The Morgan fingerprint density at radius 1 is 0.821 bits per heavy atom. The van der Waals surface area contributed by atoms with E-state index in [9.17, 15) is 23.7 Å². The van der Waals surface area contributed by atoms with Gasteiger partial charge in [-0.05, 0) is 73.4 Å². The van der Waals surface area contributed by atoms with Crippen molar-refractivity contribution in [1.82, 2.24) is 4.90 Å². The van der Waals surface area contributed by atoms with Crippen LogP contribution in [0.4, 0.5) is 21.9 Å². The zero-order valence-electron chi connectivity index (χ0n) is 34.2. The molecule has 3 atom stereocenters. The summed E-state index contributed by atoms with van der Waals surface area (Å²) in [5.41, 5.74) is 4.88. The summed E-state index contributed by atoms with van der Waals surface area (Å²) >= 11 is 0. The maximum absolute atomic E-state index is 13.2. The molecule has 14 heteroatoms. The SMILES string of the molecule is CC[C@@H](CC(=O)OCOC(=O)CN(C)C(=O)[C@H](C)OP(C)(=O)OCc1ccccc1)c1ccc(N(CC(C)C)CC(C)C)c(NC(=O)Nc2ccc(C)cc2)c1. The van der Waals surface area contributed by atoms with Crippen LogP contribution in [-0.2, 0) is 44.1 Å². The van der Waals surface area contributed by atoms with Crippen LogP contribution in [0.1, 0.15) is 77.0 Å². The van der Waals surface area contributed by atoms with E-state index in [4.69, 9.17) is 18.5 Å². The van der Waals surface area contributed by atoms with Crippen LogP contribution >= 0.6 is 7.60 Å². The third-order valence-electron chi connectivity index (χ3n) is 8.66. The molecule has 0 aliphatic heterocycles. The second-order valence-corrected chi connectivity index (χ2v) is 16.9. The maximum atomic E-state index is 13.2. The number of likely N-dealkylation sites (N-methyl/N-ethyl adjacent to an activating group) is 1. The molecule has 13 nitrogen and oxygen atoms in total. The number of nitrogens with one attached hydrogen (secondary N) is 2. The van der Waals surface area contributed by atoms with Gasteiger partial charge in [0.2, 0.25) is 6.79 Å². The highest BCUT2D eigenvalue weighted by Crippen LogP contribution is 2.46. The molecule has 306 valence electrons. The van der Waals surface area contributed by atoms with Crippen molar-refractivity contribution in [3.63, 3.8) is 0 Å². The zero-order chi connectivity index (χ0) is 41.4. The first kappa shape index (κ1) is 45.7. The molecule has 56 heavy (non-hydrogen) atoms. The second-order valence-electron chi connectivity index (χ2n) is 14.8. The molecule has 0 radical (unpaired) electrons. The molecule has 0 aromatic heterocycles. The molecule has 3 rings (SSSR count). The minimum absolute atomic E-state index is 0.000756. The molecular formula is C42H59N4O9P. The van der Waals surface area contributed by atoms with E-state index >= 15 is 0 Å². The number of carbonyl (C=O) groups is 4. The van der Waals surface area contributed by atoms with E-state index in [1.54, 1.807) is 0 Å². The number of rotatable bonds is 21. The van der Waals surface area contributed by atoms with Gasteiger partial charge in [-0.2, -0.15) is 0 Å². The predicted molar refractivity (Wildman–Crippen MR) is 220 cm³/mol. The van der Waals surface area contributed by atoms with Gasteiger partial charge in [0.25, 0.3) is 5.91 Å². The smallest absolute Gasteiger partial charge is 0.328 e. The minimum Gasteiger partial charge on any atom is -0.428 e. The van der Waals surface area contributed by atoms with Crippen molar-refractivity contribution in [1.29, 1.82) is 0 Å². The Hall–Kier alpha value is -4.71. The lowest BCUT2D eigenvalue weighted by atomic mass is 9.92. The zero-order valence-corrected chi connectivity index (χ0v) is 35.1. The molecule has 0 bridgehead atoms. The Labute approximate surface area is 331 Å². The summed E-state index contributed by atoms with van der Waals surface area (Å²) in [6, 6.07) is 22.1. The van der Waals surface area contributed by atoms with Crippen molar-refractivity contribution in [3.8, 4) is 0 Å². The highest BCUT2D eigenvalue weighted by atomic mass is 31.2. The van der Waals surface area contributed by atoms with Crippen LogP contribution in [0.5, 0.6) is 0 Å². The summed E-state index contributed by atoms with van der Waals surface area (Å²) in [5.74, 6) is -1.51. The Morgan fingerprint density at radius 3 is 2.05 bits per heavy atom. The van der Waals surface area contributed by atoms with Gasteiger partial charge in [0.05, 0.1) is 24.4 Å². The van der Waals surface area contributed by atoms with E-state index in [-0.39, 0.29) is 25.0 Å². The van der Waals surface area contributed by atoms with Gasteiger partial charge in [0.1, 0.15) is 12.6 Å². The fraction of sp³-hybridized carbons (Fsp3) is 0.476. The van der Waals surface area contributed by atoms with Crippen LogP contribution in [0, 0.1) is 18.8 Å². The summed E-state index contributed by atoms with van der Waals surface area (Å²) in [6.07, 6.45) is -0.565. The van der Waals surface area contributed by atoms with Crippen LogP contribution in [0.25, 0.3) is 0 Å². The molecule has 0 spiro atoms. The van der Waals surface area contributed by atoms with Crippen molar-refractivity contribution in [2.24, 2.45) is 11.8 Å². The topological polar surface area (TPSA) is 153 Å². The molecule has 3 aromatic rings. The summed E-state index contributed by atoms with van der Waals surface area (Å²) in [5, 5.41) is 5.96. The lowest BCUT2D eigenvalue weighted by molar-refractivity contribution is -0.169. The van der Waals surface area contributed by atoms with Gasteiger partial charge in [0.15, 0.2) is 0 Å². The van der Waals surface area contributed by atoms with Crippen molar-refractivity contribution >= 4 is 48.5 Å². The van der Waals surface area contributed by atoms with Gasteiger partial charge in [-0.15, -0.1) is 0 Å². The van der Waals surface area contributed by atoms with E-state index in [1.165, 1.54) is 20.6 Å². The Kier molecular flexibility index (Phi) is 18.1. The number of hydrogen-bond donors (Lipinski definition) is 2. The molecule has 2 N–H and O–H groups in total. The first-order valence-corrected chi connectivity index (χ1v) is 21.0. The predicted octanol–water partition coefficient (Wildman–Crippen LogP) is 8.59. The van der Waals surface area contributed by atoms with Gasteiger partial charge < -0.3 is 34.4 Å². The summed E-state index contributed by atoms with van der Waals surface area (Å²) in [6.45, 7) is 15.8. The second kappa shape index (κ2) is 22.1. The number of anilines is 3. The molecule has 0 saturated carbocycles. The summed E-state index contributed by atoms with van der Waals surface area (Å²) in [7, 11) is -2.22. The third kappa shape index (κ3) is 15.8. The lowest BCUT2D eigenvalue weighted by Crippen LogP contribution is -2.39. The molecule has 0 aliphatic rings. The average Bonchev–Trinajstić information content (AvgIpc) is 3.13. The van der Waals surface area contributed by atoms with Crippen LogP contribution in [0.2, 0.25) is 0 Å². The molecule has 1 unspecified atom stereocenters. The number of carbonyl (C=O) groups excluding carboxylic acids is 4. The standard InChI is InChI=1S/C42H59N4O9P/c1-10-34(23-39(47)52-28-53-40(48)26-45(8)41(49)32(7)55-56(9,51)54-27-33-14-12-11-13-15-33)35-18-21-38(46(24-29(2)3)25-30(4)5)37(22-35)44-42(50)43-36-19-16-31(6)17-20-36/h11-22,29-30,32,34H,10,23-28H2,1-9H3,(H2,43,44,50)/t32-,34-,56?/m0/s1. The maximum Gasteiger partial charge on any atom is 0.328 e. The number of aryl methyl sites for hydroxylation is 1. The van der Waals surface area contributed by atoms with Gasteiger partial charge >= 0.3 is 25.6 Å². The average molecular weight is 795 g/mol. The summed E-state index contributed by atoms with van der Waals surface area (Å²) < 4.78 is 34.0. The summed E-state index contributed by atoms with van der Waals surface area (Å²) in [4.78, 5) is 54.9. The van der Waals surface area contributed by atoms with Gasteiger partial charge in [-0.3, -0.25) is 23.5 Å². The number of esters is 2. The number of hydrogen-bond acceptors (Lipinski definition) is 10. The molecule has 0 saturated heterocycles. The Bertz CT molecular complexity index is 1780. The number of ether oxygens (including phenoxy) is 2. The van der Waals surface area contributed by atoms with Crippen molar-refractivity contribution < 1.29 is 42.3 Å². The van der Waals surface area contributed by atoms with Crippen LogP contribution in [0.3, 0.4) is 0 Å². The largest absolute Gasteiger partial charge is 0.428 e. The molecular weight excluding hydrogens is 735 g/mol.